The molecule has 1 saturated carbocycles. The van der Waals surface area contributed by atoms with Gasteiger partial charge in [0.1, 0.15) is 0 Å². The topological polar surface area (TPSA) is 21.7 Å². The first-order valence-corrected chi connectivity index (χ1v) is 7.47. The normalized spacial score (nSPS) is 37.5. The van der Waals surface area contributed by atoms with Crippen molar-refractivity contribution in [2.45, 2.75) is 38.7 Å². The Morgan fingerprint density at radius 3 is 2.61 bits per heavy atom. The zero-order chi connectivity index (χ0) is 13.0. The zero-order valence-corrected chi connectivity index (χ0v) is 12.2. The van der Waals surface area contributed by atoms with Gasteiger partial charge in [0.05, 0.1) is 6.10 Å². The number of nitrogens with zero attached hydrogens (tertiary/aromatic N) is 1. The Labute approximate surface area is 112 Å². The molecule has 2 atom stereocenters. The van der Waals surface area contributed by atoms with Crippen molar-refractivity contribution in [3.05, 3.63) is 0 Å². The SMILES string of the molecule is COCCC1CCN(CC2CC(OC)C2)C[C@H]1C. The van der Waals surface area contributed by atoms with Gasteiger partial charge in [-0.1, -0.05) is 6.92 Å². The molecule has 2 fully saturated rings. The van der Waals surface area contributed by atoms with E-state index in [-0.39, 0.29) is 0 Å². The minimum atomic E-state index is 0.548. The maximum atomic E-state index is 5.36. The summed E-state index contributed by atoms with van der Waals surface area (Å²) >= 11 is 0. The van der Waals surface area contributed by atoms with Crippen molar-refractivity contribution >= 4 is 0 Å². The Bertz CT molecular complexity index is 241. The number of methoxy groups -OCH3 is 2. The predicted octanol–water partition coefficient (Wildman–Crippen LogP) is 2.41. The molecule has 1 unspecified atom stereocenters. The van der Waals surface area contributed by atoms with Gasteiger partial charge in [0.25, 0.3) is 0 Å². The fourth-order valence-electron chi connectivity index (χ4n) is 3.53. The standard InChI is InChI=1S/C15H29NO2/c1-12-10-16(6-4-14(12)5-7-17-2)11-13-8-15(9-13)18-3/h12-15H,4-11H2,1-3H3/t12-,13?,14?,15?/m1/s1. The average Bonchev–Trinajstić information content (AvgIpc) is 2.32. The highest BCUT2D eigenvalue weighted by Gasteiger charge is 2.32. The highest BCUT2D eigenvalue weighted by Crippen LogP contribution is 2.32. The van der Waals surface area contributed by atoms with E-state index in [0.29, 0.717) is 6.10 Å². The average molecular weight is 255 g/mol. The van der Waals surface area contributed by atoms with Crippen molar-refractivity contribution < 1.29 is 9.47 Å². The van der Waals surface area contributed by atoms with Gasteiger partial charge in [-0.3, -0.25) is 0 Å². The monoisotopic (exact) mass is 255 g/mol. The van der Waals surface area contributed by atoms with Gasteiger partial charge in [0.15, 0.2) is 0 Å². The van der Waals surface area contributed by atoms with Crippen LogP contribution in [0.25, 0.3) is 0 Å². The van der Waals surface area contributed by atoms with Crippen LogP contribution in [0.3, 0.4) is 0 Å². The molecule has 0 spiro atoms. The molecule has 2 aliphatic rings. The summed E-state index contributed by atoms with van der Waals surface area (Å²) in [7, 11) is 3.65. The maximum absolute atomic E-state index is 5.36. The molecule has 2 rings (SSSR count). The van der Waals surface area contributed by atoms with Crippen molar-refractivity contribution in [1.82, 2.24) is 4.90 Å². The Morgan fingerprint density at radius 1 is 1.22 bits per heavy atom. The van der Waals surface area contributed by atoms with Crippen LogP contribution < -0.4 is 0 Å². The first-order valence-electron chi connectivity index (χ1n) is 7.47. The van der Waals surface area contributed by atoms with E-state index < -0.39 is 0 Å². The number of ether oxygens (including phenoxy) is 2. The molecule has 1 aliphatic carbocycles. The smallest absolute Gasteiger partial charge is 0.0577 e. The Hall–Kier alpha value is -0.120. The molecule has 0 aromatic heterocycles. The van der Waals surface area contributed by atoms with Crippen LogP contribution in [0.1, 0.15) is 32.6 Å². The van der Waals surface area contributed by atoms with Crippen molar-refractivity contribution in [3.8, 4) is 0 Å². The molecule has 0 bridgehead atoms. The van der Waals surface area contributed by atoms with E-state index in [1.54, 1.807) is 0 Å². The van der Waals surface area contributed by atoms with Gasteiger partial charge >= 0.3 is 0 Å². The Kier molecular flexibility index (Phi) is 5.46. The van der Waals surface area contributed by atoms with Crippen LogP contribution in [0.15, 0.2) is 0 Å². The molecule has 1 aliphatic heterocycles. The molecular weight excluding hydrogens is 226 g/mol. The summed E-state index contributed by atoms with van der Waals surface area (Å²) in [6.07, 6.45) is 5.68. The summed E-state index contributed by atoms with van der Waals surface area (Å²) in [6, 6.07) is 0. The molecule has 0 N–H and O–H groups in total. The van der Waals surface area contributed by atoms with E-state index in [2.05, 4.69) is 11.8 Å². The quantitative estimate of drug-likeness (QED) is 0.727. The van der Waals surface area contributed by atoms with E-state index in [1.165, 1.54) is 45.3 Å². The molecule has 3 nitrogen and oxygen atoms in total. The largest absolute Gasteiger partial charge is 0.385 e. The van der Waals surface area contributed by atoms with Crippen LogP contribution in [0, 0.1) is 17.8 Å². The molecule has 0 aromatic rings. The van der Waals surface area contributed by atoms with Gasteiger partial charge in [-0.25, -0.2) is 0 Å². The first kappa shape index (κ1) is 14.3. The predicted molar refractivity (Wildman–Crippen MR) is 73.7 cm³/mol. The van der Waals surface area contributed by atoms with Gasteiger partial charge < -0.3 is 14.4 Å². The molecule has 106 valence electrons. The van der Waals surface area contributed by atoms with Gasteiger partial charge in [-0.05, 0) is 50.0 Å². The van der Waals surface area contributed by atoms with Crippen LogP contribution in [0.2, 0.25) is 0 Å². The second-order valence-electron chi connectivity index (χ2n) is 6.26. The van der Waals surface area contributed by atoms with Crippen LogP contribution in [-0.4, -0.2) is 51.5 Å². The highest BCUT2D eigenvalue weighted by molar-refractivity contribution is 4.85. The highest BCUT2D eigenvalue weighted by atomic mass is 16.5. The maximum Gasteiger partial charge on any atom is 0.0577 e. The summed E-state index contributed by atoms with van der Waals surface area (Å²) in [5.41, 5.74) is 0. The lowest BCUT2D eigenvalue weighted by molar-refractivity contribution is -0.0186. The summed E-state index contributed by atoms with van der Waals surface area (Å²) < 4.78 is 10.6. The molecule has 3 heteroatoms. The van der Waals surface area contributed by atoms with Gasteiger partial charge in [0.2, 0.25) is 0 Å². The summed E-state index contributed by atoms with van der Waals surface area (Å²) in [5, 5.41) is 0. The Balaban J connectivity index is 1.65. The third-order valence-corrected chi connectivity index (χ3v) is 4.90. The lowest BCUT2D eigenvalue weighted by atomic mass is 9.80. The van der Waals surface area contributed by atoms with E-state index in [0.717, 1.165) is 24.4 Å². The second-order valence-corrected chi connectivity index (χ2v) is 6.26. The van der Waals surface area contributed by atoms with Crippen molar-refractivity contribution in [2.75, 3.05) is 40.5 Å². The molecule has 0 aromatic carbocycles. The van der Waals surface area contributed by atoms with E-state index >= 15 is 0 Å². The van der Waals surface area contributed by atoms with Crippen molar-refractivity contribution in [1.29, 1.82) is 0 Å². The van der Waals surface area contributed by atoms with E-state index in [9.17, 15) is 0 Å². The number of hydrogen-bond acceptors (Lipinski definition) is 3. The van der Waals surface area contributed by atoms with E-state index in [4.69, 9.17) is 9.47 Å². The zero-order valence-electron chi connectivity index (χ0n) is 12.2. The fourth-order valence-corrected chi connectivity index (χ4v) is 3.53. The number of rotatable bonds is 6. The molecule has 1 saturated heterocycles. The fraction of sp³-hybridized carbons (Fsp3) is 1.00. The summed E-state index contributed by atoms with van der Waals surface area (Å²) in [4.78, 5) is 2.67. The van der Waals surface area contributed by atoms with Crippen molar-refractivity contribution in [2.24, 2.45) is 17.8 Å². The van der Waals surface area contributed by atoms with Crippen molar-refractivity contribution in [3.63, 3.8) is 0 Å². The van der Waals surface area contributed by atoms with Gasteiger partial charge in [-0.15, -0.1) is 0 Å². The van der Waals surface area contributed by atoms with E-state index in [1.807, 2.05) is 14.2 Å². The van der Waals surface area contributed by atoms with Gasteiger partial charge in [-0.2, -0.15) is 0 Å². The molecule has 0 amide bonds. The second kappa shape index (κ2) is 6.88. The Morgan fingerprint density at radius 2 is 2.00 bits per heavy atom. The lowest BCUT2D eigenvalue weighted by Crippen LogP contribution is -2.45. The first-order chi connectivity index (χ1) is 8.72. The number of piperidine rings is 1. The number of likely N-dealkylation sites (tertiary alicyclic amines) is 1. The molecule has 0 radical (unpaired) electrons. The molecular formula is C15H29NO2. The summed E-state index contributed by atoms with van der Waals surface area (Å²) in [6.45, 7) is 7.19. The number of hydrogen-bond donors (Lipinski definition) is 0. The van der Waals surface area contributed by atoms with Gasteiger partial charge in [0, 0.05) is 33.9 Å². The third kappa shape index (κ3) is 3.69. The van der Waals surface area contributed by atoms with Crippen LogP contribution in [0.5, 0.6) is 0 Å². The molecule has 1 heterocycles. The molecule has 18 heavy (non-hydrogen) atoms. The lowest BCUT2D eigenvalue weighted by Gasteiger charge is -2.42. The summed E-state index contributed by atoms with van der Waals surface area (Å²) in [5.74, 6) is 2.58. The van der Waals surface area contributed by atoms with Crippen LogP contribution in [-0.2, 0) is 9.47 Å². The minimum absolute atomic E-state index is 0.548. The third-order valence-electron chi connectivity index (χ3n) is 4.90. The minimum Gasteiger partial charge on any atom is -0.385 e. The van der Waals surface area contributed by atoms with Crippen LogP contribution in [0.4, 0.5) is 0 Å². The van der Waals surface area contributed by atoms with Crippen LogP contribution >= 0.6 is 0 Å².